The Morgan fingerprint density at radius 1 is 1.29 bits per heavy atom. The summed E-state index contributed by atoms with van der Waals surface area (Å²) >= 11 is 0. The van der Waals surface area contributed by atoms with Crippen molar-refractivity contribution in [1.82, 2.24) is 10.0 Å². The van der Waals surface area contributed by atoms with Crippen LogP contribution in [0.4, 0.5) is 17.6 Å². The van der Waals surface area contributed by atoms with Crippen molar-refractivity contribution in [2.75, 3.05) is 13.1 Å². The molecule has 120 valence electrons. The average molecular weight is 328 g/mol. The van der Waals surface area contributed by atoms with Gasteiger partial charge < -0.3 is 5.32 Å². The highest BCUT2D eigenvalue weighted by molar-refractivity contribution is 7.89. The van der Waals surface area contributed by atoms with Gasteiger partial charge in [0, 0.05) is 6.54 Å². The van der Waals surface area contributed by atoms with Crippen LogP contribution in [0.25, 0.3) is 0 Å². The van der Waals surface area contributed by atoms with Gasteiger partial charge in [0.15, 0.2) is 0 Å². The Bertz CT molecular complexity index is 564. The molecule has 0 atom stereocenters. The zero-order chi connectivity index (χ0) is 16.1. The van der Waals surface area contributed by atoms with Crippen molar-refractivity contribution in [1.29, 1.82) is 0 Å². The van der Waals surface area contributed by atoms with Gasteiger partial charge in [-0.05, 0) is 24.2 Å². The van der Waals surface area contributed by atoms with Crippen LogP contribution in [0.2, 0.25) is 0 Å². The van der Waals surface area contributed by atoms with Crippen LogP contribution in [0.3, 0.4) is 0 Å². The summed E-state index contributed by atoms with van der Waals surface area (Å²) in [6.45, 7) is 1.31. The number of sulfonamides is 1. The molecule has 0 radical (unpaired) electrons. The first-order valence-electron chi connectivity index (χ1n) is 6.14. The topological polar surface area (TPSA) is 58.2 Å². The van der Waals surface area contributed by atoms with Crippen molar-refractivity contribution in [2.45, 2.75) is 30.7 Å². The second kappa shape index (κ2) is 7.19. The van der Waals surface area contributed by atoms with Gasteiger partial charge in [-0.1, -0.05) is 19.1 Å². The first-order chi connectivity index (χ1) is 9.69. The Balaban J connectivity index is 2.83. The Morgan fingerprint density at radius 3 is 2.52 bits per heavy atom. The van der Waals surface area contributed by atoms with Crippen LogP contribution in [0.1, 0.15) is 12.5 Å². The summed E-state index contributed by atoms with van der Waals surface area (Å²) in [4.78, 5) is -0.247. The van der Waals surface area contributed by atoms with E-state index in [4.69, 9.17) is 0 Å². The quantitative estimate of drug-likeness (QED) is 0.718. The van der Waals surface area contributed by atoms with E-state index in [9.17, 15) is 26.0 Å². The average Bonchev–Trinajstić information content (AvgIpc) is 2.43. The molecule has 0 saturated heterocycles. The standard InChI is InChI=1S/C12H16F4N2O2S/c1-2-17-7-9-4-3-5-10(6-9)21(19,20)18-8-12(15,16)11(13)14/h3-6,11,17-18H,2,7-8H2,1H3. The molecule has 1 rings (SSSR count). The van der Waals surface area contributed by atoms with Gasteiger partial charge in [-0.15, -0.1) is 0 Å². The minimum Gasteiger partial charge on any atom is -0.313 e. The summed E-state index contributed by atoms with van der Waals surface area (Å²) in [7, 11) is -4.27. The molecule has 4 nitrogen and oxygen atoms in total. The number of hydrogen-bond donors (Lipinski definition) is 2. The second-order valence-corrected chi connectivity index (χ2v) is 6.08. The van der Waals surface area contributed by atoms with E-state index in [1.165, 1.54) is 22.9 Å². The number of benzene rings is 1. The molecule has 0 unspecified atom stereocenters. The molecular formula is C12H16F4N2O2S. The Kier molecular flexibility index (Phi) is 6.11. The van der Waals surface area contributed by atoms with Gasteiger partial charge in [0.25, 0.3) is 0 Å². The van der Waals surface area contributed by atoms with E-state index in [2.05, 4.69) is 5.32 Å². The molecule has 9 heteroatoms. The molecule has 0 fully saturated rings. The summed E-state index contributed by atoms with van der Waals surface area (Å²) in [5.41, 5.74) is 0.639. The fraction of sp³-hybridized carbons (Fsp3) is 0.500. The molecular weight excluding hydrogens is 312 g/mol. The van der Waals surface area contributed by atoms with E-state index < -0.39 is 28.9 Å². The molecule has 0 aliphatic rings. The zero-order valence-corrected chi connectivity index (χ0v) is 12.1. The normalized spacial score (nSPS) is 12.9. The molecule has 0 aliphatic heterocycles. The fourth-order valence-electron chi connectivity index (χ4n) is 1.44. The largest absolute Gasteiger partial charge is 0.320 e. The van der Waals surface area contributed by atoms with Gasteiger partial charge in [-0.3, -0.25) is 0 Å². The highest BCUT2D eigenvalue weighted by Crippen LogP contribution is 2.22. The Morgan fingerprint density at radius 2 is 1.95 bits per heavy atom. The molecule has 0 spiro atoms. The molecule has 0 aliphatic carbocycles. The van der Waals surface area contributed by atoms with Crippen molar-refractivity contribution >= 4 is 10.0 Å². The lowest BCUT2D eigenvalue weighted by Crippen LogP contribution is -2.41. The predicted octanol–water partition coefficient (Wildman–Crippen LogP) is 1.97. The van der Waals surface area contributed by atoms with Gasteiger partial charge in [0.2, 0.25) is 10.0 Å². The first-order valence-corrected chi connectivity index (χ1v) is 7.62. The predicted molar refractivity (Wildman–Crippen MR) is 70.0 cm³/mol. The van der Waals surface area contributed by atoms with Crippen molar-refractivity contribution in [2.24, 2.45) is 0 Å². The van der Waals surface area contributed by atoms with Crippen LogP contribution >= 0.6 is 0 Å². The highest BCUT2D eigenvalue weighted by atomic mass is 32.2. The van der Waals surface area contributed by atoms with Crippen molar-refractivity contribution < 1.29 is 26.0 Å². The van der Waals surface area contributed by atoms with Crippen molar-refractivity contribution in [3.63, 3.8) is 0 Å². The summed E-state index contributed by atoms with van der Waals surface area (Å²) in [6.07, 6.45) is -3.93. The third-order valence-corrected chi connectivity index (χ3v) is 4.00. The lowest BCUT2D eigenvalue weighted by Gasteiger charge is -2.16. The maximum absolute atomic E-state index is 12.8. The lowest BCUT2D eigenvalue weighted by molar-refractivity contribution is -0.122. The summed E-state index contributed by atoms with van der Waals surface area (Å²) in [5, 5.41) is 2.98. The smallest absolute Gasteiger partial charge is 0.313 e. The van der Waals surface area contributed by atoms with Gasteiger partial charge in [0.1, 0.15) is 0 Å². The van der Waals surface area contributed by atoms with Gasteiger partial charge in [0.05, 0.1) is 11.4 Å². The molecule has 0 saturated carbocycles. The molecule has 1 aromatic rings. The highest BCUT2D eigenvalue weighted by Gasteiger charge is 2.41. The molecule has 1 aromatic carbocycles. The van der Waals surface area contributed by atoms with Gasteiger partial charge >= 0.3 is 12.3 Å². The van der Waals surface area contributed by atoms with E-state index >= 15 is 0 Å². The van der Waals surface area contributed by atoms with Crippen LogP contribution in [-0.4, -0.2) is 33.9 Å². The molecule has 2 N–H and O–H groups in total. The second-order valence-electron chi connectivity index (χ2n) is 4.31. The third-order valence-electron chi connectivity index (χ3n) is 2.61. The minimum atomic E-state index is -4.41. The number of hydrogen-bond acceptors (Lipinski definition) is 3. The van der Waals surface area contributed by atoms with E-state index in [1.54, 1.807) is 6.07 Å². The monoisotopic (exact) mass is 328 g/mol. The van der Waals surface area contributed by atoms with Gasteiger partial charge in [-0.25, -0.2) is 21.9 Å². The van der Waals surface area contributed by atoms with Crippen molar-refractivity contribution in [3.05, 3.63) is 29.8 Å². The lowest BCUT2D eigenvalue weighted by atomic mass is 10.2. The SMILES string of the molecule is CCNCc1cccc(S(=O)(=O)NCC(F)(F)C(F)F)c1. The van der Waals surface area contributed by atoms with E-state index in [1.807, 2.05) is 6.92 Å². The molecule has 0 amide bonds. The molecule has 0 aromatic heterocycles. The maximum atomic E-state index is 12.8. The van der Waals surface area contributed by atoms with Crippen LogP contribution in [0, 0.1) is 0 Å². The van der Waals surface area contributed by atoms with Gasteiger partial charge in [-0.2, -0.15) is 8.78 Å². The van der Waals surface area contributed by atoms with E-state index in [0.29, 0.717) is 18.7 Å². The van der Waals surface area contributed by atoms with Crippen LogP contribution in [0.5, 0.6) is 0 Å². The minimum absolute atomic E-state index is 0.247. The summed E-state index contributed by atoms with van der Waals surface area (Å²) < 4.78 is 74.6. The fourth-order valence-corrected chi connectivity index (χ4v) is 2.56. The van der Waals surface area contributed by atoms with E-state index in [0.717, 1.165) is 0 Å². The van der Waals surface area contributed by atoms with Crippen molar-refractivity contribution in [3.8, 4) is 0 Å². The number of rotatable bonds is 8. The molecule has 0 heterocycles. The van der Waals surface area contributed by atoms with Crippen LogP contribution < -0.4 is 10.0 Å². The first kappa shape index (κ1) is 17.9. The summed E-state index contributed by atoms with van der Waals surface area (Å²) in [5.74, 6) is -4.41. The Labute approximate surface area is 120 Å². The molecule has 0 bridgehead atoms. The summed E-state index contributed by atoms with van der Waals surface area (Å²) in [6, 6.07) is 5.62. The zero-order valence-electron chi connectivity index (χ0n) is 11.2. The van der Waals surface area contributed by atoms with Crippen LogP contribution in [-0.2, 0) is 16.6 Å². The Hall–Kier alpha value is -1.19. The maximum Gasteiger partial charge on any atom is 0.320 e. The molecule has 21 heavy (non-hydrogen) atoms. The number of alkyl halides is 4. The number of nitrogens with one attached hydrogen (secondary N) is 2. The van der Waals surface area contributed by atoms with Crippen LogP contribution in [0.15, 0.2) is 29.2 Å². The third kappa shape index (κ3) is 5.25. The number of halogens is 4. The van der Waals surface area contributed by atoms with E-state index in [-0.39, 0.29) is 4.90 Å².